The minimum absolute atomic E-state index is 0.364. The first kappa shape index (κ1) is 10.6. The Bertz CT molecular complexity index is 341. The van der Waals surface area contributed by atoms with Gasteiger partial charge in [-0.25, -0.2) is 4.79 Å². The normalized spacial score (nSPS) is 16.0. The highest BCUT2D eigenvalue weighted by Gasteiger charge is 2.17. The Labute approximate surface area is 93.7 Å². The molecule has 1 aromatic carbocycles. The first-order valence-electron chi connectivity index (χ1n) is 5.22. The Morgan fingerprint density at radius 2 is 2.00 bits per heavy atom. The molecule has 3 heteroatoms. The van der Waals surface area contributed by atoms with Crippen LogP contribution in [0.1, 0.15) is 29.6 Å². The number of carboxylic acid groups (broad SMARTS) is 1. The quantitative estimate of drug-likeness (QED) is 0.794. The van der Waals surface area contributed by atoms with E-state index in [9.17, 15) is 4.79 Å². The highest BCUT2D eigenvalue weighted by atomic mass is 32.2. The highest BCUT2D eigenvalue weighted by Crippen LogP contribution is 2.32. The molecule has 0 bridgehead atoms. The predicted molar refractivity (Wildman–Crippen MR) is 61.5 cm³/mol. The molecule has 0 saturated heterocycles. The Morgan fingerprint density at radius 1 is 1.33 bits per heavy atom. The van der Waals surface area contributed by atoms with Crippen molar-refractivity contribution in [1.82, 2.24) is 0 Å². The maximum Gasteiger partial charge on any atom is 0.335 e. The molecule has 0 atom stereocenters. The van der Waals surface area contributed by atoms with Gasteiger partial charge in [0.2, 0.25) is 0 Å². The predicted octanol–water partition coefficient (Wildman–Crippen LogP) is 3.28. The van der Waals surface area contributed by atoms with E-state index in [1.807, 2.05) is 23.9 Å². The van der Waals surface area contributed by atoms with Crippen molar-refractivity contribution in [3.05, 3.63) is 29.8 Å². The molecule has 0 amide bonds. The third kappa shape index (κ3) is 2.75. The Balaban J connectivity index is 1.88. The van der Waals surface area contributed by atoms with E-state index < -0.39 is 5.97 Å². The van der Waals surface area contributed by atoms with Gasteiger partial charge in [-0.3, -0.25) is 0 Å². The van der Waals surface area contributed by atoms with Crippen LogP contribution in [0.25, 0.3) is 0 Å². The molecule has 0 unspecified atom stereocenters. The number of hydrogen-bond donors (Lipinski definition) is 1. The van der Waals surface area contributed by atoms with Crippen LogP contribution in [-0.4, -0.2) is 16.8 Å². The molecule has 1 N–H and O–H groups in total. The molecule has 2 nitrogen and oxygen atoms in total. The van der Waals surface area contributed by atoms with E-state index >= 15 is 0 Å². The number of carboxylic acids is 1. The van der Waals surface area contributed by atoms with Crippen LogP contribution in [0.5, 0.6) is 0 Å². The van der Waals surface area contributed by atoms with Crippen molar-refractivity contribution in [3.63, 3.8) is 0 Å². The van der Waals surface area contributed by atoms with Crippen LogP contribution in [0.15, 0.2) is 29.2 Å². The van der Waals surface area contributed by atoms with Gasteiger partial charge in [0.05, 0.1) is 5.56 Å². The zero-order chi connectivity index (χ0) is 10.7. The Kier molecular flexibility index (Phi) is 3.31. The lowest BCUT2D eigenvalue weighted by atomic mass is 9.87. The van der Waals surface area contributed by atoms with E-state index in [0.29, 0.717) is 5.56 Å². The first-order chi connectivity index (χ1) is 7.25. The fourth-order valence-electron chi connectivity index (χ4n) is 1.57. The van der Waals surface area contributed by atoms with Crippen LogP contribution in [0.3, 0.4) is 0 Å². The third-order valence-corrected chi connectivity index (χ3v) is 4.06. The lowest BCUT2D eigenvalue weighted by Gasteiger charge is -2.24. The molecule has 1 aliphatic rings. The SMILES string of the molecule is O=C(O)c1ccc(SCC2CCC2)cc1. The highest BCUT2D eigenvalue weighted by molar-refractivity contribution is 7.99. The zero-order valence-electron chi connectivity index (χ0n) is 8.48. The second-order valence-corrected chi connectivity index (χ2v) is 5.03. The number of carbonyl (C=O) groups is 1. The summed E-state index contributed by atoms with van der Waals surface area (Å²) in [5, 5.41) is 8.73. The van der Waals surface area contributed by atoms with Crippen molar-refractivity contribution in [2.75, 3.05) is 5.75 Å². The van der Waals surface area contributed by atoms with Crippen molar-refractivity contribution in [2.24, 2.45) is 5.92 Å². The van der Waals surface area contributed by atoms with Crippen molar-refractivity contribution >= 4 is 17.7 Å². The zero-order valence-corrected chi connectivity index (χ0v) is 9.30. The molecule has 0 aliphatic heterocycles. The largest absolute Gasteiger partial charge is 0.478 e. The number of benzene rings is 1. The van der Waals surface area contributed by atoms with Gasteiger partial charge < -0.3 is 5.11 Å². The summed E-state index contributed by atoms with van der Waals surface area (Å²) in [4.78, 5) is 11.8. The summed E-state index contributed by atoms with van der Waals surface area (Å²) in [6.07, 6.45) is 4.10. The summed E-state index contributed by atoms with van der Waals surface area (Å²) in [5.41, 5.74) is 0.364. The van der Waals surface area contributed by atoms with Gasteiger partial charge in [-0.15, -0.1) is 11.8 Å². The van der Waals surface area contributed by atoms with Gasteiger partial charge in [0.1, 0.15) is 0 Å². The van der Waals surface area contributed by atoms with E-state index in [4.69, 9.17) is 5.11 Å². The van der Waals surface area contributed by atoms with Gasteiger partial charge >= 0.3 is 5.97 Å². The number of aromatic carboxylic acids is 1. The smallest absolute Gasteiger partial charge is 0.335 e. The molecule has 1 fully saturated rings. The minimum Gasteiger partial charge on any atom is -0.478 e. The average molecular weight is 222 g/mol. The van der Waals surface area contributed by atoms with E-state index in [1.54, 1.807) is 12.1 Å². The lowest BCUT2D eigenvalue weighted by Crippen LogP contribution is -2.13. The van der Waals surface area contributed by atoms with E-state index in [0.717, 1.165) is 5.92 Å². The molecule has 2 rings (SSSR count). The summed E-state index contributed by atoms with van der Waals surface area (Å²) < 4.78 is 0. The van der Waals surface area contributed by atoms with Crippen LogP contribution in [0.4, 0.5) is 0 Å². The topological polar surface area (TPSA) is 37.3 Å². The molecule has 1 aliphatic carbocycles. The summed E-state index contributed by atoms with van der Waals surface area (Å²) in [7, 11) is 0. The molecule has 0 spiro atoms. The maximum atomic E-state index is 10.6. The van der Waals surface area contributed by atoms with Crippen molar-refractivity contribution < 1.29 is 9.90 Å². The van der Waals surface area contributed by atoms with Gasteiger partial charge in [-0.1, -0.05) is 6.42 Å². The molecule has 15 heavy (non-hydrogen) atoms. The van der Waals surface area contributed by atoms with Crippen molar-refractivity contribution in [1.29, 1.82) is 0 Å². The lowest BCUT2D eigenvalue weighted by molar-refractivity contribution is 0.0697. The fourth-order valence-corrected chi connectivity index (χ4v) is 2.66. The molecular formula is C12H14O2S. The molecule has 0 aromatic heterocycles. The molecule has 0 heterocycles. The van der Waals surface area contributed by atoms with E-state index in [1.165, 1.54) is 29.9 Å². The monoisotopic (exact) mass is 222 g/mol. The standard InChI is InChI=1S/C12H14O2S/c13-12(14)10-4-6-11(7-5-10)15-8-9-2-1-3-9/h4-7,9H,1-3,8H2,(H,13,14). The fraction of sp³-hybridized carbons (Fsp3) is 0.417. The summed E-state index contributed by atoms with van der Waals surface area (Å²) in [6, 6.07) is 7.14. The summed E-state index contributed by atoms with van der Waals surface area (Å²) >= 11 is 1.83. The van der Waals surface area contributed by atoms with Gasteiger partial charge in [0, 0.05) is 10.6 Å². The second kappa shape index (κ2) is 4.71. The van der Waals surface area contributed by atoms with Gasteiger partial charge in [0.25, 0.3) is 0 Å². The summed E-state index contributed by atoms with van der Waals surface area (Å²) in [6.45, 7) is 0. The van der Waals surface area contributed by atoms with Gasteiger partial charge in [-0.2, -0.15) is 0 Å². The first-order valence-corrected chi connectivity index (χ1v) is 6.20. The maximum absolute atomic E-state index is 10.6. The van der Waals surface area contributed by atoms with Crippen molar-refractivity contribution in [3.8, 4) is 0 Å². The number of rotatable bonds is 4. The van der Waals surface area contributed by atoms with Crippen LogP contribution in [-0.2, 0) is 0 Å². The van der Waals surface area contributed by atoms with Crippen LogP contribution < -0.4 is 0 Å². The van der Waals surface area contributed by atoms with Gasteiger partial charge in [0.15, 0.2) is 0 Å². The Hall–Kier alpha value is -0.960. The van der Waals surface area contributed by atoms with Crippen LogP contribution in [0.2, 0.25) is 0 Å². The van der Waals surface area contributed by atoms with Gasteiger partial charge in [-0.05, 0) is 43.0 Å². The van der Waals surface area contributed by atoms with Crippen molar-refractivity contribution in [2.45, 2.75) is 24.2 Å². The minimum atomic E-state index is -0.856. The average Bonchev–Trinajstić information content (AvgIpc) is 2.16. The molecular weight excluding hydrogens is 208 g/mol. The molecule has 0 radical (unpaired) electrons. The molecule has 80 valence electrons. The second-order valence-electron chi connectivity index (χ2n) is 3.94. The molecule has 1 saturated carbocycles. The Morgan fingerprint density at radius 3 is 2.47 bits per heavy atom. The summed E-state index contributed by atoms with van der Waals surface area (Å²) in [5.74, 6) is 1.20. The van der Waals surface area contributed by atoms with E-state index in [-0.39, 0.29) is 0 Å². The third-order valence-electron chi connectivity index (χ3n) is 2.81. The molecule has 1 aromatic rings. The number of thioether (sulfide) groups is 1. The van der Waals surface area contributed by atoms with Crippen LogP contribution >= 0.6 is 11.8 Å². The number of hydrogen-bond acceptors (Lipinski definition) is 2. The van der Waals surface area contributed by atoms with Crippen LogP contribution in [0, 0.1) is 5.92 Å². The van der Waals surface area contributed by atoms with E-state index in [2.05, 4.69) is 0 Å².